The number of nitrogens with zero attached hydrogens (tertiary/aromatic N) is 2. The number of rotatable bonds is 7. The minimum absolute atomic E-state index is 0.496. The summed E-state index contributed by atoms with van der Waals surface area (Å²) in [5.74, 6) is 1.84. The van der Waals surface area contributed by atoms with Crippen LogP contribution in [0.1, 0.15) is 45.5 Å². The number of hydrogen-bond donors (Lipinski definition) is 1. The number of hydrogen-bond acceptors (Lipinski definition) is 4. The Kier molecular flexibility index (Phi) is 6.52. The van der Waals surface area contributed by atoms with E-state index in [9.17, 15) is 0 Å². The van der Waals surface area contributed by atoms with Crippen molar-refractivity contribution in [3.8, 4) is 0 Å². The maximum Gasteiger partial charge on any atom is 0.138 e. The van der Waals surface area contributed by atoms with E-state index in [0.29, 0.717) is 11.3 Å². The van der Waals surface area contributed by atoms with E-state index in [1.54, 1.807) is 0 Å². The number of nitrogens with one attached hydrogen (secondary N) is 1. The first-order chi connectivity index (χ1) is 8.11. The number of aromatic nitrogens is 2. The van der Waals surface area contributed by atoms with Crippen LogP contribution in [0.15, 0.2) is 12.4 Å². The molecule has 3 nitrogen and oxygen atoms in total. The van der Waals surface area contributed by atoms with Gasteiger partial charge in [-0.3, -0.25) is 0 Å². The van der Waals surface area contributed by atoms with Crippen molar-refractivity contribution in [1.82, 2.24) is 15.3 Å². The third-order valence-electron chi connectivity index (χ3n) is 2.55. The molecule has 1 aromatic rings. The molecule has 0 aliphatic rings. The first kappa shape index (κ1) is 14.5. The second-order valence-corrected chi connectivity index (χ2v) is 6.00. The molecule has 1 aromatic heterocycles. The van der Waals surface area contributed by atoms with E-state index in [-0.39, 0.29) is 0 Å². The fraction of sp³-hybridized carbons (Fsp3) is 0.692. The monoisotopic (exact) mass is 253 g/mol. The van der Waals surface area contributed by atoms with E-state index in [2.05, 4.69) is 43.0 Å². The molecule has 1 rings (SSSR count). The minimum Gasteiger partial charge on any atom is -0.310 e. The van der Waals surface area contributed by atoms with Gasteiger partial charge in [0, 0.05) is 35.8 Å². The van der Waals surface area contributed by atoms with Gasteiger partial charge in [-0.1, -0.05) is 27.7 Å². The second-order valence-electron chi connectivity index (χ2n) is 4.57. The standard InChI is InChI=1S/C13H23N3S/c1-5-11(4)17-9-13-15-7-12(8-16-13)6-14-10(2)3/h7-8,10-11,14H,5-6,9H2,1-4H3. The van der Waals surface area contributed by atoms with E-state index < -0.39 is 0 Å². The number of thioether (sulfide) groups is 1. The molecular formula is C13H23N3S. The Balaban J connectivity index is 2.39. The predicted octanol–water partition coefficient (Wildman–Crippen LogP) is 3.01. The van der Waals surface area contributed by atoms with E-state index in [1.807, 2.05) is 24.2 Å². The lowest BCUT2D eigenvalue weighted by Crippen LogP contribution is -2.22. The van der Waals surface area contributed by atoms with Crippen molar-refractivity contribution in [3.05, 3.63) is 23.8 Å². The normalized spacial score (nSPS) is 13.0. The third-order valence-corrected chi connectivity index (χ3v) is 3.87. The first-order valence-corrected chi connectivity index (χ1v) is 7.31. The van der Waals surface area contributed by atoms with Crippen molar-refractivity contribution in [1.29, 1.82) is 0 Å². The summed E-state index contributed by atoms with van der Waals surface area (Å²) < 4.78 is 0. The highest BCUT2D eigenvalue weighted by atomic mass is 32.2. The highest BCUT2D eigenvalue weighted by Gasteiger charge is 2.03. The molecule has 4 heteroatoms. The Hall–Kier alpha value is -0.610. The van der Waals surface area contributed by atoms with Gasteiger partial charge in [-0.05, 0) is 6.42 Å². The fourth-order valence-electron chi connectivity index (χ4n) is 1.20. The smallest absolute Gasteiger partial charge is 0.138 e. The third kappa shape index (κ3) is 6.03. The molecule has 1 heterocycles. The Morgan fingerprint density at radius 2 is 1.88 bits per heavy atom. The Labute approximate surface area is 109 Å². The van der Waals surface area contributed by atoms with Gasteiger partial charge in [0.25, 0.3) is 0 Å². The van der Waals surface area contributed by atoms with Crippen molar-refractivity contribution in [2.24, 2.45) is 0 Å². The van der Waals surface area contributed by atoms with Gasteiger partial charge in [0.15, 0.2) is 0 Å². The lowest BCUT2D eigenvalue weighted by molar-refractivity contribution is 0.586. The molecule has 0 radical (unpaired) electrons. The lowest BCUT2D eigenvalue weighted by atomic mass is 10.3. The molecule has 1 N–H and O–H groups in total. The summed E-state index contributed by atoms with van der Waals surface area (Å²) in [7, 11) is 0. The molecule has 0 saturated heterocycles. The van der Waals surface area contributed by atoms with E-state index in [1.165, 1.54) is 6.42 Å². The van der Waals surface area contributed by atoms with Crippen molar-refractivity contribution < 1.29 is 0 Å². The van der Waals surface area contributed by atoms with Crippen LogP contribution in [-0.2, 0) is 12.3 Å². The average molecular weight is 253 g/mol. The van der Waals surface area contributed by atoms with Gasteiger partial charge in [-0.15, -0.1) is 0 Å². The molecule has 1 unspecified atom stereocenters. The van der Waals surface area contributed by atoms with Gasteiger partial charge in [0.05, 0.1) is 5.75 Å². The predicted molar refractivity (Wildman–Crippen MR) is 75.1 cm³/mol. The van der Waals surface area contributed by atoms with Crippen LogP contribution in [0.3, 0.4) is 0 Å². The lowest BCUT2D eigenvalue weighted by Gasteiger charge is -2.09. The van der Waals surface area contributed by atoms with Gasteiger partial charge in [0.1, 0.15) is 5.82 Å². The second kappa shape index (κ2) is 7.67. The summed E-state index contributed by atoms with van der Waals surface area (Å²) in [6.45, 7) is 9.57. The maximum atomic E-state index is 4.39. The molecule has 0 bridgehead atoms. The van der Waals surface area contributed by atoms with E-state index in [4.69, 9.17) is 0 Å². The summed E-state index contributed by atoms with van der Waals surface area (Å²) in [5, 5.41) is 4.04. The van der Waals surface area contributed by atoms with Crippen LogP contribution in [0.4, 0.5) is 0 Å². The Morgan fingerprint density at radius 1 is 1.24 bits per heavy atom. The summed E-state index contributed by atoms with van der Waals surface area (Å²) in [6, 6.07) is 0.496. The van der Waals surface area contributed by atoms with Gasteiger partial charge in [0.2, 0.25) is 0 Å². The molecule has 0 amide bonds. The molecule has 0 aliphatic carbocycles. The molecule has 1 atom stereocenters. The fourth-order valence-corrected chi connectivity index (χ4v) is 2.02. The van der Waals surface area contributed by atoms with E-state index >= 15 is 0 Å². The average Bonchev–Trinajstić information content (AvgIpc) is 2.34. The summed E-state index contributed by atoms with van der Waals surface area (Å²) in [6.07, 6.45) is 5.05. The van der Waals surface area contributed by atoms with Crippen molar-refractivity contribution in [2.75, 3.05) is 0 Å². The van der Waals surface area contributed by atoms with Crippen LogP contribution in [0.2, 0.25) is 0 Å². The van der Waals surface area contributed by atoms with Crippen LogP contribution >= 0.6 is 11.8 Å². The zero-order valence-electron chi connectivity index (χ0n) is 11.2. The Bertz CT molecular complexity index is 311. The zero-order valence-corrected chi connectivity index (χ0v) is 12.0. The summed E-state index contributed by atoms with van der Waals surface area (Å²) in [5.41, 5.74) is 1.15. The summed E-state index contributed by atoms with van der Waals surface area (Å²) >= 11 is 1.91. The van der Waals surface area contributed by atoms with Crippen LogP contribution < -0.4 is 5.32 Å². The van der Waals surface area contributed by atoms with Crippen molar-refractivity contribution >= 4 is 11.8 Å². The molecule has 96 valence electrons. The quantitative estimate of drug-likeness (QED) is 0.810. The van der Waals surface area contributed by atoms with Crippen molar-refractivity contribution in [2.45, 2.75) is 57.7 Å². The maximum absolute atomic E-state index is 4.39. The molecule has 0 fully saturated rings. The molecule has 0 saturated carbocycles. The highest BCUT2D eigenvalue weighted by Crippen LogP contribution is 2.17. The van der Waals surface area contributed by atoms with Crippen LogP contribution in [0.25, 0.3) is 0 Å². The SMILES string of the molecule is CCC(C)SCc1ncc(CNC(C)C)cn1. The van der Waals surface area contributed by atoms with Crippen molar-refractivity contribution in [3.63, 3.8) is 0 Å². The highest BCUT2D eigenvalue weighted by molar-refractivity contribution is 7.99. The first-order valence-electron chi connectivity index (χ1n) is 6.26. The molecule has 17 heavy (non-hydrogen) atoms. The zero-order chi connectivity index (χ0) is 12.7. The molecular weight excluding hydrogens is 230 g/mol. The molecule has 0 aliphatic heterocycles. The largest absolute Gasteiger partial charge is 0.310 e. The van der Waals surface area contributed by atoms with Crippen LogP contribution in [0.5, 0.6) is 0 Å². The Morgan fingerprint density at radius 3 is 2.41 bits per heavy atom. The molecule has 0 aromatic carbocycles. The molecule has 0 spiro atoms. The van der Waals surface area contributed by atoms with Gasteiger partial charge in [-0.2, -0.15) is 11.8 Å². The van der Waals surface area contributed by atoms with Gasteiger partial charge >= 0.3 is 0 Å². The minimum atomic E-state index is 0.496. The van der Waals surface area contributed by atoms with E-state index in [0.717, 1.165) is 23.7 Å². The van der Waals surface area contributed by atoms with Crippen LogP contribution in [-0.4, -0.2) is 21.3 Å². The van der Waals surface area contributed by atoms with Gasteiger partial charge in [-0.25, -0.2) is 9.97 Å². The van der Waals surface area contributed by atoms with Gasteiger partial charge < -0.3 is 5.32 Å². The topological polar surface area (TPSA) is 37.8 Å². The summed E-state index contributed by atoms with van der Waals surface area (Å²) in [4.78, 5) is 8.78. The van der Waals surface area contributed by atoms with Crippen LogP contribution in [0, 0.1) is 0 Å².